The fourth-order valence-electron chi connectivity index (χ4n) is 3.63. The molecule has 0 amide bonds. The number of fused-ring (bicyclic) bond motifs is 1. The highest BCUT2D eigenvalue weighted by molar-refractivity contribution is 9.10. The fourth-order valence-corrected chi connectivity index (χ4v) is 4.11. The molecule has 1 N–H and O–H groups in total. The molecule has 0 fully saturated rings. The van der Waals surface area contributed by atoms with E-state index in [2.05, 4.69) is 60.9 Å². The second kappa shape index (κ2) is 8.37. The molecule has 4 rings (SSSR count). The summed E-state index contributed by atoms with van der Waals surface area (Å²) in [6.45, 7) is 4.41. The molecular weight excluding hydrogens is 416 g/mol. The second-order valence-electron chi connectivity index (χ2n) is 7.18. The lowest BCUT2D eigenvalue weighted by Crippen LogP contribution is -2.35. The molecule has 144 valence electrons. The Balaban J connectivity index is 1.47. The van der Waals surface area contributed by atoms with Crippen molar-refractivity contribution in [3.05, 3.63) is 80.1 Å². The maximum Gasteiger partial charge on any atom is 0.255 e. The predicted octanol–water partition coefficient (Wildman–Crippen LogP) is 4.11. The Morgan fingerprint density at radius 2 is 2.07 bits per heavy atom. The Labute approximate surface area is 173 Å². The van der Waals surface area contributed by atoms with E-state index in [-0.39, 0.29) is 5.56 Å². The van der Waals surface area contributed by atoms with Crippen molar-refractivity contribution in [1.82, 2.24) is 19.9 Å². The van der Waals surface area contributed by atoms with Crippen molar-refractivity contribution in [2.24, 2.45) is 0 Å². The Kier molecular flexibility index (Phi) is 5.69. The summed E-state index contributed by atoms with van der Waals surface area (Å²) in [6.07, 6.45) is 4.55. The molecule has 1 aromatic carbocycles. The number of hydrogen-bond donors (Lipinski definition) is 1. The minimum atomic E-state index is 0.0144. The van der Waals surface area contributed by atoms with Gasteiger partial charge in [0.25, 0.3) is 5.56 Å². The standard InChI is InChI=1S/C22H23BrN4O/c1-2-5-21-25-20-10-11-27(14-17(20)22(28)26-21)13-15-8-9-19(24-12-15)16-6-3-4-7-18(16)23/h3-4,6-9,12H,2,5,10-11,13-14H2,1H3,(H,25,26,28). The molecule has 3 heterocycles. The molecule has 0 radical (unpaired) electrons. The Morgan fingerprint density at radius 3 is 2.82 bits per heavy atom. The van der Waals surface area contributed by atoms with E-state index in [1.165, 1.54) is 0 Å². The fraction of sp³-hybridized carbons (Fsp3) is 0.318. The van der Waals surface area contributed by atoms with Crippen LogP contribution < -0.4 is 5.56 Å². The maximum absolute atomic E-state index is 12.5. The van der Waals surface area contributed by atoms with Gasteiger partial charge in [-0.05, 0) is 24.1 Å². The van der Waals surface area contributed by atoms with Crippen LogP contribution in [0.4, 0.5) is 0 Å². The van der Waals surface area contributed by atoms with E-state index >= 15 is 0 Å². The van der Waals surface area contributed by atoms with Crippen molar-refractivity contribution in [3.8, 4) is 11.3 Å². The van der Waals surface area contributed by atoms with E-state index in [1.807, 2.05) is 24.4 Å². The quantitative estimate of drug-likeness (QED) is 0.650. The van der Waals surface area contributed by atoms with Crippen LogP contribution in [-0.2, 0) is 25.9 Å². The van der Waals surface area contributed by atoms with Gasteiger partial charge in [0, 0.05) is 48.7 Å². The largest absolute Gasteiger partial charge is 0.310 e. The highest BCUT2D eigenvalue weighted by Crippen LogP contribution is 2.26. The van der Waals surface area contributed by atoms with Gasteiger partial charge in [-0.1, -0.05) is 47.1 Å². The topological polar surface area (TPSA) is 61.9 Å². The zero-order valence-corrected chi connectivity index (χ0v) is 17.5. The van der Waals surface area contributed by atoms with Crippen molar-refractivity contribution in [1.29, 1.82) is 0 Å². The number of hydrogen-bond acceptors (Lipinski definition) is 4. The number of nitrogens with zero attached hydrogens (tertiary/aromatic N) is 3. The summed E-state index contributed by atoms with van der Waals surface area (Å²) in [5, 5.41) is 0. The number of aromatic amines is 1. The molecule has 0 saturated heterocycles. The molecule has 2 aromatic heterocycles. The third kappa shape index (κ3) is 4.08. The van der Waals surface area contributed by atoms with Crippen molar-refractivity contribution >= 4 is 15.9 Å². The molecule has 0 atom stereocenters. The van der Waals surface area contributed by atoms with Crippen molar-refractivity contribution in [2.75, 3.05) is 6.54 Å². The molecule has 0 spiro atoms. The van der Waals surface area contributed by atoms with Gasteiger partial charge in [0.1, 0.15) is 5.82 Å². The monoisotopic (exact) mass is 438 g/mol. The van der Waals surface area contributed by atoms with Gasteiger partial charge in [-0.2, -0.15) is 0 Å². The maximum atomic E-state index is 12.5. The summed E-state index contributed by atoms with van der Waals surface area (Å²) in [5.41, 5.74) is 4.97. The normalized spacial score (nSPS) is 14.1. The highest BCUT2D eigenvalue weighted by Gasteiger charge is 2.21. The Morgan fingerprint density at radius 1 is 1.21 bits per heavy atom. The van der Waals surface area contributed by atoms with Gasteiger partial charge in [-0.3, -0.25) is 14.7 Å². The number of H-pyrrole nitrogens is 1. The van der Waals surface area contributed by atoms with Gasteiger partial charge in [0.15, 0.2) is 0 Å². The first-order valence-electron chi connectivity index (χ1n) is 9.67. The van der Waals surface area contributed by atoms with Gasteiger partial charge >= 0.3 is 0 Å². The summed E-state index contributed by atoms with van der Waals surface area (Å²) in [4.78, 5) is 27.0. The zero-order chi connectivity index (χ0) is 19.5. The molecule has 5 nitrogen and oxygen atoms in total. The molecule has 0 aliphatic carbocycles. The van der Waals surface area contributed by atoms with Crippen LogP contribution in [0.15, 0.2) is 51.9 Å². The van der Waals surface area contributed by atoms with Crippen LogP contribution in [-0.4, -0.2) is 26.4 Å². The number of aromatic nitrogens is 3. The Bertz CT molecular complexity index is 1030. The average molecular weight is 439 g/mol. The SMILES string of the molecule is CCCc1nc2c(c(=O)[nH]1)CN(Cc1ccc(-c3ccccc3Br)nc1)CC2. The van der Waals surface area contributed by atoms with E-state index in [0.717, 1.165) is 70.7 Å². The zero-order valence-electron chi connectivity index (χ0n) is 15.9. The number of aryl methyl sites for hydroxylation is 1. The van der Waals surface area contributed by atoms with E-state index in [4.69, 9.17) is 0 Å². The lowest BCUT2D eigenvalue weighted by molar-refractivity contribution is 0.241. The summed E-state index contributed by atoms with van der Waals surface area (Å²) in [6, 6.07) is 12.3. The summed E-state index contributed by atoms with van der Waals surface area (Å²) < 4.78 is 1.04. The first kappa shape index (κ1) is 19.0. The van der Waals surface area contributed by atoms with Gasteiger partial charge in [0.2, 0.25) is 0 Å². The van der Waals surface area contributed by atoms with Crippen molar-refractivity contribution in [3.63, 3.8) is 0 Å². The minimum Gasteiger partial charge on any atom is -0.310 e. The summed E-state index contributed by atoms with van der Waals surface area (Å²) in [7, 11) is 0. The first-order chi connectivity index (χ1) is 13.6. The van der Waals surface area contributed by atoms with Crippen LogP contribution in [0, 0.1) is 0 Å². The third-order valence-corrected chi connectivity index (χ3v) is 5.76. The number of rotatable bonds is 5. The molecule has 1 aliphatic rings. The molecule has 6 heteroatoms. The first-order valence-corrected chi connectivity index (χ1v) is 10.5. The second-order valence-corrected chi connectivity index (χ2v) is 8.03. The number of pyridine rings is 1. The molecular formula is C22H23BrN4O. The third-order valence-electron chi connectivity index (χ3n) is 5.06. The van der Waals surface area contributed by atoms with Gasteiger partial charge in [-0.15, -0.1) is 0 Å². The lowest BCUT2D eigenvalue weighted by Gasteiger charge is -2.27. The number of nitrogens with one attached hydrogen (secondary N) is 1. The highest BCUT2D eigenvalue weighted by atomic mass is 79.9. The average Bonchev–Trinajstić information content (AvgIpc) is 2.70. The van der Waals surface area contributed by atoms with Crippen LogP contribution in [0.1, 0.15) is 36.0 Å². The molecule has 1 aliphatic heterocycles. The predicted molar refractivity (Wildman–Crippen MR) is 114 cm³/mol. The molecule has 3 aromatic rings. The Hall–Kier alpha value is -2.31. The molecule has 0 saturated carbocycles. The van der Waals surface area contributed by atoms with E-state index in [0.29, 0.717) is 6.54 Å². The number of benzene rings is 1. The van der Waals surface area contributed by atoms with Crippen LogP contribution in [0.2, 0.25) is 0 Å². The van der Waals surface area contributed by atoms with E-state index < -0.39 is 0 Å². The van der Waals surface area contributed by atoms with Crippen LogP contribution in [0.25, 0.3) is 11.3 Å². The number of halogens is 1. The van der Waals surface area contributed by atoms with E-state index in [1.54, 1.807) is 0 Å². The molecule has 28 heavy (non-hydrogen) atoms. The van der Waals surface area contributed by atoms with Crippen LogP contribution in [0.3, 0.4) is 0 Å². The van der Waals surface area contributed by atoms with E-state index in [9.17, 15) is 4.79 Å². The summed E-state index contributed by atoms with van der Waals surface area (Å²) in [5.74, 6) is 0.812. The van der Waals surface area contributed by atoms with Crippen LogP contribution >= 0.6 is 15.9 Å². The summed E-state index contributed by atoms with van der Waals surface area (Å²) >= 11 is 3.58. The van der Waals surface area contributed by atoms with Gasteiger partial charge in [-0.25, -0.2) is 4.98 Å². The smallest absolute Gasteiger partial charge is 0.255 e. The van der Waals surface area contributed by atoms with Crippen molar-refractivity contribution in [2.45, 2.75) is 39.3 Å². The van der Waals surface area contributed by atoms with Crippen molar-refractivity contribution < 1.29 is 0 Å². The molecule has 0 bridgehead atoms. The van der Waals surface area contributed by atoms with Gasteiger partial charge in [0.05, 0.1) is 17.0 Å². The minimum absolute atomic E-state index is 0.0144. The lowest BCUT2D eigenvalue weighted by atomic mass is 10.1. The van der Waals surface area contributed by atoms with Gasteiger partial charge < -0.3 is 4.98 Å². The molecule has 0 unspecified atom stereocenters. The van der Waals surface area contributed by atoms with Crippen LogP contribution in [0.5, 0.6) is 0 Å².